The Balaban J connectivity index is 1.37. The molecule has 1 saturated carbocycles. The molecule has 1 N–H and O–H groups in total. The fourth-order valence-corrected chi connectivity index (χ4v) is 4.40. The summed E-state index contributed by atoms with van der Waals surface area (Å²) in [7, 11) is 0. The Labute approximate surface area is 166 Å². The van der Waals surface area contributed by atoms with Crippen LogP contribution in [0.3, 0.4) is 0 Å². The Kier molecular flexibility index (Phi) is 6.05. The molecule has 0 radical (unpaired) electrons. The van der Waals surface area contributed by atoms with Crippen LogP contribution in [-0.2, 0) is 4.79 Å². The molecule has 0 bridgehead atoms. The fraction of sp³-hybridized carbons (Fsp3) is 0.591. The molecule has 2 fully saturated rings. The van der Waals surface area contributed by atoms with Crippen molar-refractivity contribution in [3.8, 4) is 11.5 Å². The number of amides is 1. The Morgan fingerprint density at radius 2 is 1.89 bits per heavy atom. The zero-order chi connectivity index (χ0) is 19.3. The summed E-state index contributed by atoms with van der Waals surface area (Å²) in [5, 5.41) is 11.8. The standard InChI is InChI=1S/C22H30N4O2/c1-16(21-24-25-22(28-21)17-9-4-2-5-10-17)26-14-8-11-18(15-26)20(27)23-19-12-6-3-7-13-19/h2,4-5,9-10,16,18-19H,3,6-8,11-15H2,1H3,(H,23,27). The van der Waals surface area contributed by atoms with E-state index < -0.39 is 0 Å². The van der Waals surface area contributed by atoms with Crippen LogP contribution in [0.25, 0.3) is 11.5 Å². The number of nitrogens with one attached hydrogen (secondary N) is 1. The quantitative estimate of drug-likeness (QED) is 0.847. The largest absolute Gasteiger partial charge is 0.419 e. The minimum absolute atomic E-state index is 0.00948. The van der Waals surface area contributed by atoms with Gasteiger partial charge in [-0.2, -0.15) is 0 Å². The highest BCUT2D eigenvalue weighted by Gasteiger charge is 2.31. The number of benzene rings is 1. The lowest BCUT2D eigenvalue weighted by Crippen LogP contribution is -2.46. The predicted molar refractivity (Wildman–Crippen MR) is 107 cm³/mol. The van der Waals surface area contributed by atoms with Crippen LogP contribution in [0.1, 0.15) is 63.8 Å². The van der Waals surface area contributed by atoms with Crippen LogP contribution < -0.4 is 5.32 Å². The summed E-state index contributed by atoms with van der Waals surface area (Å²) in [5.74, 6) is 1.44. The molecule has 2 unspecified atom stereocenters. The second kappa shape index (κ2) is 8.86. The molecular weight excluding hydrogens is 352 g/mol. The van der Waals surface area contributed by atoms with Crippen LogP contribution in [-0.4, -0.2) is 40.1 Å². The maximum absolute atomic E-state index is 12.8. The van der Waals surface area contributed by atoms with Crippen molar-refractivity contribution in [2.45, 2.75) is 64.0 Å². The van der Waals surface area contributed by atoms with E-state index in [1.807, 2.05) is 30.3 Å². The maximum Gasteiger partial charge on any atom is 0.247 e. The molecule has 1 aromatic carbocycles. The van der Waals surface area contributed by atoms with Gasteiger partial charge in [-0.1, -0.05) is 37.5 Å². The Bertz CT molecular complexity index is 770. The highest BCUT2D eigenvalue weighted by Crippen LogP contribution is 2.28. The monoisotopic (exact) mass is 382 g/mol. The molecule has 2 aromatic rings. The van der Waals surface area contributed by atoms with Crippen molar-refractivity contribution in [1.82, 2.24) is 20.4 Å². The number of hydrogen-bond acceptors (Lipinski definition) is 5. The van der Waals surface area contributed by atoms with Gasteiger partial charge in [0.25, 0.3) is 0 Å². The lowest BCUT2D eigenvalue weighted by Gasteiger charge is -2.35. The summed E-state index contributed by atoms with van der Waals surface area (Å²) in [6.45, 7) is 3.80. The van der Waals surface area contributed by atoms with Crippen molar-refractivity contribution < 1.29 is 9.21 Å². The average Bonchev–Trinajstić information content (AvgIpc) is 3.25. The van der Waals surface area contributed by atoms with Gasteiger partial charge in [-0.3, -0.25) is 9.69 Å². The van der Waals surface area contributed by atoms with Crippen molar-refractivity contribution in [1.29, 1.82) is 0 Å². The number of hydrogen-bond donors (Lipinski definition) is 1. The van der Waals surface area contributed by atoms with E-state index in [9.17, 15) is 4.79 Å². The summed E-state index contributed by atoms with van der Waals surface area (Å²) >= 11 is 0. The molecular formula is C22H30N4O2. The van der Waals surface area contributed by atoms with Crippen LogP contribution in [0, 0.1) is 5.92 Å². The molecule has 1 saturated heterocycles. The molecule has 150 valence electrons. The Morgan fingerprint density at radius 1 is 1.11 bits per heavy atom. The van der Waals surface area contributed by atoms with Crippen molar-refractivity contribution in [3.05, 3.63) is 36.2 Å². The lowest BCUT2D eigenvalue weighted by atomic mass is 9.92. The van der Waals surface area contributed by atoms with Crippen molar-refractivity contribution in [3.63, 3.8) is 0 Å². The van der Waals surface area contributed by atoms with Gasteiger partial charge >= 0.3 is 0 Å². The van der Waals surface area contributed by atoms with Crippen molar-refractivity contribution in [2.75, 3.05) is 13.1 Å². The third kappa shape index (κ3) is 4.43. The fourth-order valence-electron chi connectivity index (χ4n) is 4.40. The first kappa shape index (κ1) is 19.1. The van der Waals surface area contributed by atoms with E-state index in [4.69, 9.17) is 4.42 Å². The van der Waals surface area contributed by atoms with Crippen LogP contribution in [0.2, 0.25) is 0 Å². The third-order valence-electron chi connectivity index (χ3n) is 6.14. The number of carbonyl (C=O) groups excluding carboxylic acids is 1. The first-order valence-corrected chi connectivity index (χ1v) is 10.6. The van der Waals surface area contributed by atoms with Crippen molar-refractivity contribution >= 4 is 5.91 Å². The van der Waals surface area contributed by atoms with E-state index >= 15 is 0 Å². The normalized spacial score (nSPS) is 22.7. The summed E-state index contributed by atoms with van der Waals surface area (Å²) < 4.78 is 5.94. The molecule has 2 heterocycles. The van der Waals surface area contributed by atoms with E-state index in [1.165, 1.54) is 19.3 Å². The summed E-state index contributed by atoms with van der Waals surface area (Å²) in [4.78, 5) is 15.1. The average molecular weight is 383 g/mol. The van der Waals surface area contributed by atoms with Gasteiger partial charge in [0.1, 0.15) is 0 Å². The molecule has 1 aliphatic carbocycles. The van der Waals surface area contributed by atoms with Gasteiger partial charge in [0.05, 0.1) is 12.0 Å². The van der Waals surface area contributed by atoms with Crippen LogP contribution in [0.4, 0.5) is 0 Å². The van der Waals surface area contributed by atoms with Crippen LogP contribution in [0.15, 0.2) is 34.7 Å². The number of aromatic nitrogens is 2. The van der Waals surface area contributed by atoms with Gasteiger partial charge in [-0.25, -0.2) is 0 Å². The highest BCUT2D eigenvalue weighted by molar-refractivity contribution is 5.79. The summed E-state index contributed by atoms with van der Waals surface area (Å²) in [6, 6.07) is 10.2. The molecule has 6 heteroatoms. The third-order valence-corrected chi connectivity index (χ3v) is 6.14. The number of piperidine rings is 1. The molecule has 6 nitrogen and oxygen atoms in total. The van der Waals surface area contributed by atoms with E-state index in [1.54, 1.807) is 0 Å². The van der Waals surface area contributed by atoms with Crippen LogP contribution >= 0.6 is 0 Å². The topological polar surface area (TPSA) is 71.3 Å². The second-order valence-corrected chi connectivity index (χ2v) is 8.17. The molecule has 2 atom stereocenters. The Morgan fingerprint density at radius 3 is 2.68 bits per heavy atom. The summed E-state index contributed by atoms with van der Waals surface area (Å²) in [6.07, 6.45) is 8.01. The number of likely N-dealkylation sites (tertiary alicyclic amines) is 1. The molecule has 0 spiro atoms. The number of nitrogens with zero attached hydrogens (tertiary/aromatic N) is 3. The zero-order valence-corrected chi connectivity index (χ0v) is 16.6. The summed E-state index contributed by atoms with van der Waals surface area (Å²) in [5.41, 5.74) is 0.928. The van der Waals surface area contributed by atoms with Gasteiger partial charge < -0.3 is 9.73 Å². The van der Waals surface area contributed by atoms with E-state index in [0.717, 1.165) is 44.3 Å². The van der Waals surface area contributed by atoms with Gasteiger partial charge in [-0.15, -0.1) is 10.2 Å². The smallest absolute Gasteiger partial charge is 0.247 e. The first-order chi connectivity index (χ1) is 13.7. The van der Waals surface area contributed by atoms with E-state index in [-0.39, 0.29) is 17.9 Å². The molecule has 1 amide bonds. The van der Waals surface area contributed by atoms with E-state index in [2.05, 4.69) is 27.3 Å². The van der Waals surface area contributed by atoms with Gasteiger partial charge in [0.2, 0.25) is 17.7 Å². The second-order valence-electron chi connectivity index (χ2n) is 8.17. The minimum atomic E-state index is 0.00948. The van der Waals surface area contributed by atoms with E-state index in [0.29, 0.717) is 17.8 Å². The Hall–Kier alpha value is -2.21. The lowest BCUT2D eigenvalue weighted by molar-refractivity contribution is -0.128. The molecule has 2 aliphatic rings. The predicted octanol–water partition coefficient (Wildman–Crippen LogP) is 3.96. The van der Waals surface area contributed by atoms with Gasteiger partial charge in [0, 0.05) is 18.2 Å². The van der Waals surface area contributed by atoms with Gasteiger partial charge in [0.15, 0.2) is 0 Å². The number of rotatable bonds is 5. The highest BCUT2D eigenvalue weighted by atomic mass is 16.4. The van der Waals surface area contributed by atoms with Gasteiger partial charge in [-0.05, 0) is 51.3 Å². The SMILES string of the molecule is CC(c1nnc(-c2ccccc2)o1)N1CCCC(C(=O)NC2CCCCC2)C1. The van der Waals surface area contributed by atoms with Crippen molar-refractivity contribution in [2.24, 2.45) is 5.92 Å². The molecule has 1 aliphatic heterocycles. The molecule has 28 heavy (non-hydrogen) atoms. The first-order valence-electron chi connectivity index (χ1n) is 10.6. The minimum Gasteiger partial charge on any atom is -0.419 e. The van der Waals surface area contributed by atoms with Crippen LogP contribution in [0.5, 0.6) is 0 Å². The maximum atomic E-state index is 12.8. The molecule has 1 aromatic heterocycles. The molecule has 4 rings (SSSR count). The number of carbonyl (C=O) groups is 1. The zero-order valence-electron chi connectivity index (χ0n) is 16.6.